The van der Waals surface area contributed by atoms with Crippen LogP contribution in [0.5, 0.6) is 5.75 Å². The monoisotopic (exact) mass is 281 g/mol. The van der Waals surface area contributed by atoms with Gasteiger partial charge in [-0.25, -0.2) is 9.37 Å². The van der Waals surface area contributed by atoms with Crippen molar-refractivity contribution in [3.8, 4) is 5.75 Å². The van der Waals surface area contributed by atoms with Gasteiger partial charge in [0.1, 0.15) is 0 Å². The first-order valence-corrected chi connectivity index (χ1v) is 6.73. The van der Waals surface area contributed by atoms with Gasteiger partial charge in [0.15, 0.2) is 11.6 Å². The van der Waals surface area contributed by atoms with E-state index in [9.17, 15) is 4.39 Å². The number of aromatic nitrogens is 1. The molecule has 1 heterocycles. The third-order valence-corrected chi connectivity index (χ3v) is 3.69. The van der Waals surface area contributed by atoms with E-state index in [4.69, 9.17) is 10.6 Å². The standard InChI is InChI=1S/C13H16FN3OS/c1-8-16-9(7-19-8)6-11(17-15)10-4-3-5-12(18-2)13(10)14/h3-5,7,11,17H,6,15H2,1-2H3. The number of ether oxygens (including phenoxy) is 1. The SMILES string of the molecule is COc1cccc(C(Cc2csc(C)n2)NN)c1F. The number of aryl methyl sites for hydroxylation is 1. The highest BCUT2D eigenvalue weighted by molar-refractivity contribution is 7.09. The molecule has 0 aliphatic heterocycles. The van der Waals surface area contributed by atoms with E-state index in [0.717, 1.165) is 10.7 Å². The zero-order valence-corrected chi connectivity index (χ0v) is 11.6. The topological polar surface area (TPSA) is 60.2 Å². The van der Waals surface area contributed by atoms with Gasteiger partial charge in [-0.15, -0.1) is 11.3 Å². The Morgan fingerprint density at radius 3 is 2.89 bits per heavy atom. The van der Waals surface area contributed by atoms with Gasteiger partial charge in [-0.3, -0.25) is 11.3 Å². The van der Waals surface area contributed by atoms with Gasteiger partial charge in [-0.1, -0.05) is 12.1 Å². The Hall–Kier alpha value is -1.50. The maximum absolute atomic E-state index is 14.2. The molecule has 1 aromatic heterocycles. The van der Waals surface area contributed by atoms with Gasteiger partial charge in [0, 0.05) is 17.4 Å². The second-order valence-electron chi connectivity index (χ2n) is 4.14. The summed E-state index contributed by atoms with van der Waals surface area (Å²) in [5, 5.41) is 2.94. The normalized spacial score (nSPS) is 12.4. The number of thiazole rings is 1. The number of rotatable bonds is 5. The van der Waals surface area contributed by atoms with Crippen molar-refractivity contribution in [3.05, 3.63) is 45.7 Å². The third-order valence-electron chi connectivity index (χ3n) is 2.87. The van der Waals surface area contributed by atoms with Crippen LogP contribution in [-0.2, 0) is 6.42 Å². The van der Waals surface area contributed by atoms with Gasteiger partial charge in [-0.2, -0.15) is 0 Å². The average Bonchev–Trinajstić information content (AvgIpc) is 2.82. The van der Waals surface area contributed by atoms with Crippen LogP contribution in [0.3, 0.4) is 0 Å². The van der Waals surface area contributed by atoms with Crippen molar-refractivity contribution in [2.75, 3.05) is 7.11 Å². The van der Waals surface area contributed by atoms with Crippen LogP contribution in [0, 0.1) is 12.7 Å². The van der Waals surface area contributed by atoms with Crippen LogP contribution < -0.4 is 16.0 Å². The predicted molar refractivity (Wildman–Crippen MR) is 73.6 cm³/mol. The fourth-order valence-electron chi connectivity index (χ4n) is 1.92. The molecule has 0 spiro atoms. The summed E-state index contributed by atoms with van der Waals surface area (Å²) in [7, 11) is 1.44. The Morgan fingerprint density at radius 1 is 1.53 bits per heavy atom. The van der Waals surface area contributed by atoms with Crippen LogP contribution in [0.25, 0.3) is 0 Å². The summed E-state index contributed by atoms with van der Waals surface area (Å²) in [6.45, 7) is 1.94. The van der Waals surface area contributed by atoms with E-state index in [1.165, 1.54) is 7.11 Å². The van der Waals surface area contributed by atoms with Gasteiger partial charge in [-0.05, 0) is 13.0 Å². The number of hydrazine groups is 1. The van der Waals surface area contributed by atoms with Crippen LogP contribution >= 0.6 is 11.3 Å². The number of benzene rings is 1. The summed E-state index contributed by atoms with van der Waals surface area (Å²) in [6.07, 6.45) is 0.533. The lowest BCUT2D eigenvalue weighted by Gasteiger charge is -2.17. The summed E-state index contributed by atoms with van der Waals surface area (Å²) in [5.74, 6) is 5.36. The highest BCUT2D eigenvalue weighted by atomic mass is 32.1. The summed E-state index contributed by atoms with van der Waals surface area (Å²) in [4.78, 5) is 4.37. The highest BCUT2D eigenvalue weighted by Crippen LogP contribution is 2.27. The van der Waals surface area contributed by atoms with Crippen molar-refractivity contribution in [2.45, 2.75) is 19.4 Å². The Balaban J connectivity index is 2.26. The lowest BCUT2D eigenvalue weighted by atomic mass is 10.0. The van der Waals surface area contributed by atoms with E-state index in [-0.39, 0.29) is 17.6 Å². The van der Waals surface area contributed by atoms with Crippen LogP contribution in [0.4, 0.5) is 4.39 Å². The van der Waals surface area contributed by atoms with E-state index in [2.05, 4.69) is 10.4 Å². The first-order valence-electron chi connectivity index (χ1n) is 5.85. The van der Waals surface area contributed by atoms with Crippen LogP contribution in [0.1, 0.15) is 22.3 Å². The summed E-state index contributed by atoms with van der Waals surface area (Å²) in [5.41, 5.74) is 4.01. The molecule has 4 nitrogen and oxygen atoms in total. The molecular formula is C13H16FN3OS. The highest BCUT2D eigenvalue weighted by Gasteiger charge is 2.18. The van der Waals surface area contributed by atoms with Crippen molar-refractivity contribution in [1.29, 1.82) is 0 Å². The van der Waals surface area contributed by atoms with Crippen molar-refractivity contribution < 1.29 is 9.13 Å². The molecule has 102 valence electrons. The molecule has 0 amide bonds. The molecule has 0 fully saturated rings. The Labute approximate surface area is 115 Å². The molecule has 2 rings (SSSR count). The minimum absolute atomic E-state index is 0.215. The van der Waals surface area contributed by atoms with Crippen LogP contribution in [0.15, 0.2) is 23.6 Å². The lowest BCUT2D eigenvalue weighted by Crippen LogP contribution is -2.30. The third kappa shape index (κ3) is 3.09. The Kier molecular flexibility index (Phi) is 4.47. The number of nitrogens with one attached hydrogen (secondary N) is 1. The maximum Gasteiger partial charge on any atom is 0.169 e. The average molecular weight is 281 g/mol. The van der Waals surface area contributed by atoms with Crippen LogP contribution in [-0.4, -0.2) is 12.1 Å². The fraction of sp³-hybridized carbons (Fsp3) is 0.308. The van der Waals surface area contributed by atoms with E-state index in [1.807, 2.05) is 12.3 Å². The Bertz CT molecular complexity index is 559. The van der Waals surface area contributed by atoms with Gasteiger partial charge in [0.2, 0.25) is 0 Å². The zero-order valence-electron chi connectivity index (χ0n) is 10.8. The number of hydrogen-bond acceptors (Lipinski definition) is 5. The Morgan fingerprint density at radius 2 is 2.32 bits per heavy atom. The number of nitrogens with zero attached hydrogens (tertiary/aromatic N) is 1. The minimum Gasteiger partial charge on any atom is -0.494 e. The van der Waals surface area contributed by atoms with Gasteiger partial charge in [0.25, 0.3) is 0 Å². The first kappa shape index (κ1) is 13.9. The van der Waals surface area contributed by atoms with Crippen LogP contribution in [0.2, 0.25) is 0 Å². The maximum atomic E-state index is 14.2. The number of hydrogen-bond donors (Lipinski definition) is 2. The number of methoxy groups -OCH3 is 1. The van der Waals surface area contributed by atoms with E-state index in [1.54, 1.807) is 29.5 Å². The van der Waals surface area contributed by atoms with Crippen molar-refractivity contribution >= 4 is 11.3 Å². The first-order chi connectivity index (χ1) is 9.15. The molecular weight excluding hydrogens is 265 g/mol. The smallest absolute Gasteiger partial charge is 0.169 e. The van der Waals surface area contributed by atoms with E-state index >= 15 is 0 Å². The largest absolute Gasteiger partial charge is 0.494 e. The summed E-state index contributed by atoms with van der Waals surface area (Å²) < 4.78 is 19.2. The second-order valence-corrected chi connectivity index (χ2v) is 5.21. The summed E-state index contributed by atoms with van der Waals surface area (Å²) in [6, 6.07) is 4.69. The second kappa shape index (κ2) is 6.10. The molecule has 19 heavy (non-hydrogen) atoms. The zero-order chi connectivity index (χ0) is 13.8. The molecule has 0 saturated heterocycles. The molecule has 1 unspecified atom stereocenters. The molecule has 0 bridgehead atoms. The van der Waals surface area contributed by atoms with Gasteiger partial charge in [0.05, 0.1) is 23.9 Å². The molecule has 0 aliphatic carbocycles. The molecule has 6 heteroatoms. The molecule has 0 aliphatic rings. The van der Waals surface area contributed by atoms with Crippen molar-refractivity contribution in [3.63, 3.8) is 0 Å². The van der Waals surface area contributed by atoms with Gasteiger partial charge < -0.3 is 4.74 Å². The van der Waals surface area contributed by atoms with Crippen molar-refractivity contribution in [1.82, 2.24) is 10.4 Å². The number of halogens is 1. The predicted octanol–water partition coefficient (Wildman–Crippen LogP) is 2.35. The fourth-order valence-corrected chi connectivity index (χ4v) is 2.55. The quantitative estimate of drug-likeness (QED) is 0.652. The number of nitrogens with two attached hydrogens (primary N) is 1. The molecule has 1 aromatic carbocycles. The van der Waals surface area contributed by atoms with E-state index < -0.39 is 0 Å². The van der Waals surface area contributed by atoms with Crippen molar-refractivity contribution in [2.24, 2.45) is 5.84 Å². The van der Waals surface area contributed by atoms with Gasteiger partial charge >= 0.3 is 0 Å². The molecule has 0 saturated carbocycles. The summed E-state index contributed by atoms with van der Waals surface area (Å²) >= 11 is 1.57. The molecule has 0 radical (unpaired) electrons. The minimum atomic E-state index is -0.389. The van der Waals surface area contributed by atoms with E-state index in [0.29, 0.717) is 12.0 Å². The molecule has 1 atom stereocenters. The lowest BCUT2D eigenvalue weighted by molar-refractivity contribution is 0.379. The molecule has 3 N–H and O–H groups in total. The molecule has 2 aromatic rings.